The highest BCUT2D eigenvalue weighted by atomic mass is 79.9. The lowest BCUT2D eigenvalue weighted by atomic mass is 10.1. The number of halogens is 1. The van der Waals surface area contributed by atoms with Crippen LogP contribution in [0.3, 0.4) is 0 Å². The van der Waals surface area contributed by atoms with E-state index in [9.17, 15) is 4.79 Å². The van der Waals surface area contributed by atoms with E-state index in [1.807, 2.05) is 0 Å². The molecule has 0 fully saturated rings. The van der Waals surface area contributed by atoms with E-state index in [4.69, 9.17) is 4.43 Å². The number of alkyl halides is 1. The van der Waals surface area contributed by atoms with Crippen LogP contribution in [0.1, 0.15) is 59.3 Å². The van der Waals surface area contributed by atoms with Gasteiger partial charge in [0.1, 0.15) is 0 Å². The van der Waals surface area contributed by atoms with Gasteiger partial charge in [0.2, 0.25) is 0 Å². The maximum Gasteiger partial charge on any atom is 0.292 e. The Balaban J connectivity index is 3.78. The molecule has 0 unspecified atom stereocenters. The maximum atomic E-state index is 11.8. The van der Waals surface area contributed by atoms with Gasteiger partial charge in [-0.1, -0.05) is 56.0 Å². The molecule has 0 radical (unpaired) electrons. The molecule has 0 atom stereocenters. The van der Waals surface area contributed by atoms with Crippen molar-refractivity contribution in [2.45, 2.75) is 77.4 Å². The van der Waals surface area contributed by atoms with Crippen LogP contribution < -0.4 is 0 Å². The second-order valence-electron chi connectivity index (χ2n) is 6.44. The third-order valence-corrected chi connectivity index (χ3v) is 8.60. The van der Waals surface area contributed by atoms with Gasteiger partial charge in [-0.2, -0.15) is 0 Å². The van der Waals surface area contributed by atoms with Crippen LogP contribution in [0.4, 0.5) is 0 Å². The highest BCUT2D eigenvalue weighted by Crippen LogP contribution is 2.36. The lowest BCUT2D eigenvalue weighted by Crippen LogP contribution is -2.42. The molecule has 0 saturated heterocycles. The summed E-state index contributed by atoms with van der Waals surface area (Å²) in [7, 11) is -1.90. The molecule has 0 aromatic rings. The summed E-state index contributed by atoms with van der Waals surface area (Å²) in [5.41, 5.74) is 0. The fraction of sp³-hybridized carbons (Fsp3) is 0.929. The Morgan fingerprint density at radius 3 is 2.06 bits per heavy atom. The predicted molar refractivity (Wildman–Crippen MR) is 84.8 cm³/mol. The van der Waals surface area contributed by atoms with Crippen molar-refractivity contribution < 1.29 is 9.22 Å². The van der Waals surface area contributed by atoms with Gasteiger partial charge in [-0.15, -0.1) is 0 Å². The first-order chi connectivity index (χ1) is 8.20. The third kappa shape index (κ3) is 7.57. The summed E-state index contributed by atoms with van der Waals surface area (Å²) in [6.07, 6.45) is 6.39. The molecule has 0 aromatic carbocycles. The summed E-state index contributed by atoms with van der Waals surface area (Å²) in [6.45, 7) is 10.7. The summed E-state index contributed by atoms with van der Waals surface area (Å²) in [4.78, 5) is 11.8. The Morgan fingerprint density at radius 1 is 1.06 bits per heavy atom. The van der Waals surface area contributed by atoms with Gasteiger partial charge in [0.15, 0.2) is 0 Å². The average molecular weight is 337 g/mol. The maximum absolute atomic E-state index is 11.8. The summed E-state index contributed by atoms with van der Waals surface area (Å²) < 4.78 is 5.72. The van der Waals surface area contributed by atoms with Gasteiger partial charge in [-0.25, -0.2) is 0 Å². The topological polar surface area (TPSA) is 26.3 Å². The van der Waals surface area contributed by atoms with E-state index in [0.29, 0.717) is 6.42 Å². The quantitative estimate of drug-likeness (QED) is 0.343. The Morgan fingerprint density at radius 2 is 1.56 bits per heavy atom. The van der Waals surface area contributed by atoms with Crippen LogP contribution in [0.2, 0.25) is 18.1 Å². The zero-order valence-corrected chi connectivity index (χ0v) is 15.2. The average Bonchev–Trinajstić information content (AvgIpc) is 2.20. The van der Waals surface area contributed by atoms with E-state index in [0.717, 1.165) is 18.2 Å². The Labute approximate surface area is 122 Å². The molecule has 0 aliphatic heterocycles. The van der Waals surface area contributed by atoms with Gasteiger partial charge in [0.05, 0.1) is 0 Å². The first-order valence-corrected chi connectivity index (χ1v) is 11.0. The van der Waals surface area contributed by atoms with E-state index < -0.39 is 8.32 Å². The van der Waals surface area contributed by atoms with Crippen molar-refractivity contribution in [3.8, 4) is 0 Å². The van der Waals surface area contributed by atoms with Crippen LogP contribution in [0.15, 0.2) is 0 Å². The van der Waals surface area contributed by atoms with Crippen molar-refractivity contribution in [3.05, 3.63) is 0 Å². The fourth-order valence-electron chi connectivity index (χ4n) is 1.38. The number of hydrogen-bond acceptors (Lipinski definition) is 2. The first kappa shape index (κ1) is 18.2. The molecule has 0 N–H and O–H groups in total. The first-order valence-electron chi connectivity index (χ1n) is 6.98. The molecule has 0 saturated carbocycles. The van der Waals surface area contributed by atoms with E-state index in [2.05, 4.69) is 49.8 Å². The van der Waals surface area contributed by atoms with Crippen molar-refractivity contribution in [3.63, 3.8) is 0 Å². The second kappa shape index (κ2) is 8.36. The SMILES string of the molecule is CC(C)(C)[Si](C)(C)OC(=O)CCCCCCCBr. The molecule has 0 aliphatic carbocycles. The summed E-state index contributed by atoms with van der Waals surface area (Å²) in [6, 6.07) is 0. The number of unbranched alkanes of at least 4 members (excludes halogenated alkanes) is 4. The second-order valence-corrected chi connectivity index (χ2v) is 12.0. The number of carbonyl (C=O) groups excluding carboxylic acids is 1. The van der Waals surface area contributed by atoms with Gasteiger partial charge in [-0.3, -0.25) is 4.79 Å². The Hall–Kier alpha value is 0.167. The van der Waals surface area contributed by atoms with Crippen molar-refractivity contribution in [2.24, 2.45) is 0 Å². The van der Waals surface area contributed by atoms with Crippen LogP contribution in [0.5, 0.6) is 0 Å². The number of hydrogen-bond donors (Lipinski definition) is 0. The summed E-state index contributed by atoms with van der Waals surface area (Å²) in [5.74, 6) is 0.00193. The molecule has 0 spiro atoms. The molecule has 108 valence electrons. The van der Waals surface area contributed by atoms with Gasteiger partial charge < -0.3 is 4.43 Å². The molecular formula is C14H29BrO2Si. The standard InChI is InChI=1S/C14H29BrO2Si/c1-14(2,3)18(4,5)17-13(16)11-9-7-6-8-10-12-15/h6-12H2,1-5H3. The highest BCUT2D eigenvalue weighted by Gasteiger charge is 2.40. The zero-order chi connectivity index (χ0) is 14.2. The monoisotopic (exact) mass is 336 g/mol. The molecule has 18 heavy (non-hydrogen) atoms. The van der Waals surface area contributed by atoms with Gasteiger partial charge in [0, 0.05) is 11.8 Å². The molecule has 2 nitrogen and oxygen atoms in total. The third-order valence-electron chi connectivity index (χ3n) is 3.69. The van der Waals surface area contributed by atoms with Crippen LogP contribution >= 0.6 is 15.9 Å². The Kier molecular flexibility index (Phi) is 8.44. The van der Waals surface area contributed by atoms with Crippen LogP contribution in [0, 0.1) is 0 Å². The van der Waals surface area contributed by atoms with Crippen molar-refractivity contribution in [1.82, 2.24) is 0 Å². The van der Waals surface area contributed by atoms with Gasteiger partial charge in [0.25, 0.3) is 14.3 Å². The Bertz CT molecular complexity index is 247. The normalized spacial score (nSPS) is 12.6. The number of carbonyl (C=O) groups is 1. The smallest absolute Gasteiger partial charge is 0.292 e. The highest BCUT2D eigenvalue weighted by molar-refractivity contribution is 9.09. The molecule has 4 heteroatoms. The van der Waals surface area contributed by atoms with E-state index in [-0.39, 0.29) is 11.0 Å². The summed E-state index contributed by atoms with van der Waals surface area (Å²) in [5, 5.41) is 1.19. The summed E-state index contributed by atoms with van der Waals surface area (Å²) >= 11 is 3.42. The van der Waals surface area contributed by atoms with Crippen LogP contribution in [-0.2, 0) is 9.22 Å². The lowest BCUT2D eigenvalue weighted by Gasteiger charge is -2.35. The minimum absolute atomic E-state index is 0.00193. The van der Waals surface area contributed by atoms with E-state index >= 15 is 0 Å². The molecular weight excluding hydrogens is 308 g/mol. The largest absolute Gasteiger partial charge is 0.519 e. The van der Waals surface area contributed by atoms with Gasteiger partial charge in [-0.05, 0) is 31.0 Å². The van der Waals surface area contributed by atoms with Crippen molar-refractivity contribution >= 4 is 30.2 Å². The molecule has 0 aliphatic rings. The van der Waals surface area contributed by atoms with Crippen LogP contribution in [0.25, 0.3) is 0 Å². The zero-order valence-electron chi connectivity index (χ0n) is 12.6. The van der Waals surface area contributed by atoms with Gasteiger partial charge >= 0.3 is 0 Å². The molecule has 0 bridgehead atoms. The van der Waals surface area contributed by atoms with Crippen LogP contribution in [-0.4, -0.2) is 19.6 Å². The molecule has 0 rings (SSSR count). The predicted octanol–water partition coefficient (Wildman–Crippen LogP) is 5.27. The number of rotatable bonds is 8. The fourth-order valence-corrected chi connectivity index (χ4v) is 2.76. The molecule has 0 aromatic heterocycles. The molecule has 0 amide bonds. The molecule has 0 heterocycles. The van der Waals surface area contributed by atoms with E-state index in [1.165, 1.54) is 19.3 Å². The minimum atomic E-state index is -1.90. The van der Waals surface area contributed by atoms with E-state index in [1.54, 1.807) is 0 Å². The minimum Gasteiger partial charge on any atom is -0.519 e. The lowest BCUT2D eigenvalue weighted by molar-refractivity contribution is -0.135. The van der Waals surface area contributed by atoms with Crippen molar-refractivity contribution in [1.29, 1.82) is 0 Å². The van der Waals surface area contributed by atoms with Crippen molar-refractivity contribution in [2.75, 3.05) is 5.33 Å².